The number of hydrogen-bond acceptors (Lipinski definition) is 1. The standard InChI is InChI=1S/C12H15Cl2NO/c1-3-9(13)7-15-12(16)10-5-4-6-11(14)8(10)2/h4-6,9H,3,7H2,1-2H3,(H,15,16). The molecule has 1 amide bonds. The van der Waals surface area contributed by atoms with Crippen molar-refractivity contribution in [3.63, 3.8) is 0 Å². The van der Waals surface area contributed by atoms with Crippen LogP contribution < -0.4 is 5.32 Å². The van der Waals surface area contributed by atoms with Gasteiger partial charge in [0, 0.05) is 17.1 Å². The van der Waals surface area contributed by atoms with Crippen LogP contribution in [0.5, 0.6) is 0 Å². The Morgan fingerprint density at radius 3 is 2.81 bits per heavy atom. The van der Waals surface area contributed by atoms with Gasteiger partial charge in [0.15, 0.2) is 0 Å². The van der Waals surface area contributed by atoms with Crippen molar-refractivity contribution in [3.8, 4) is 0 Å². The Labute approximate surface area is 106 Å². The number of carbonyl (C=O) groups is 1. The average Bonchev–Trinajstić information content (AvgIpc) is 2.29. The van der Waals surface area contributed by atoms with E-state index in [-0.39, 0.29) is 11.3 Å². The maximum atomic E-state index is 11.8. The monoisotopic (exact) mass is 259 g/mol. The van der Waals surface area contributed by atoms with E-state index >= 15 is 0 Å². The van der Waals surface area contributed by atoms with Gasteiger partial charge in [-0.05, 0) is 31.0 Å². The molecule has 2 nitrogen and oxygen atoms in total. The van der Waals surface area contributed by atoms with Gasteiger partial charge < -0.3 is 5.32 Å². The molecule has 1 aromatic carbocycles. The molecule has 0 aliphatic heterocycles. The fraction of sp³-hybridized carbons (Fsp3) is 0.417. The summed E-state index contributed by atoms with van der Waals surface area (Å²) in [4.78, 5) is 11.8. The van der Waals surface area contributed by atoms with Gasteiger partial charge >= 0.3 is 0 Å². The zero-order valence-corrected chi connectivity index (χ0v) is 10.9. The fourth-order valence-electron chi connectivity index (χ4n) is 1.30. The van der Waals surface area contributed by atoms with E-state index in [0.29, 0.717) is 17.1 Å². The first-order valence-electron chi connectivity index (χ1n) is 5.23. The van der Waals surface area contributed by atoms with Crippen molar-refractivity contribution in [3.05, 3.63) is 34.3 Å². The van der Waals surface area contributed by atoms with Gasteiger partial charge in [0.2, 0.25) is 0 Å². The average molecular weight is 260 g/mol. The fourth-order valence-corrected chi connectivity index (χ4v) is 1.55. The minimum absolute atomic E-state index is 0.0246. The van der Waals surface area contributed by atoms with Crippen molar-refractivity contribution in [1.82, 2.24) is 5.32 Å². The summed E-state index contributed by atoms with van der Waals surface area (Å²) in [6.45, 7) is 4.28. The molecule has 0 bridgehead atoms. The zero-order chi connectivity index (χ0) is 12.1. The van der Waals surface area contributed by atoms with E-state index in [0.717, 1.165) is 12.0 Å². The number of hydrogen-bond donors (Lipinski definition) is 1. The molecule has 1 aromatic rings. The highest BCUT2D eigenvalue weighted by atomic mass is 35.5. The molecule has 16 heavy (non-hydrogen) atoms. The Bertz CT molecular complexity index is 379. The van der Waals surface area contributed by atoms with Gasteiger partial charge in [-0.25, -0.2) is 0 Å². The third-order valence-corrected chi connectivity index (χ3v) is 3.31. The van der Waals surface area contributed by atoms with E-state index in [4.69, 9.17) is 23.2 Å². The number of rotatable bonds is 4. The van der Waals surface area contributed by atoms with E-state index in [2.05, 4.69) is 5.32 Å². The zero-order valence-electron chi connectivity index (χ0n) is 9.39. The van der Waals surface area contributed by atoms with Gasteiger partial charge in [0.05, 0.1) is 5.38 Å². The summed E-state index contributed by atoms with van der Waals surface area (Å²) in [5, 5.41) is 3.37. The molecule has 1 rings (SSSR count). The molecule has 0 saturated heterocycles. The van der Waals surface area contributed by atoms with Crippen molar-refractivity contribution >= 4 is 29.1 Å². The lowest BCUT2D eigenvalue weighted by Crippen LogP contribution is -2.29. The van der Waals surface area contributed by atoms with Crippen molar-refractivity contribution in [1.29, 1.82) is 0 Å². The number of benzene rings is 1. The third kappa shape index (κ3) is 3.39. The lowest BCUT2D eigenvalue weighted by molar-refractivity contribution is 0.0953. The molecule has 0 saturated carbocycles. The Hall–Kier alpha value is -0.730. The molecule has 0 fully saturated rings. The number of carbonyl (C=O) groups excluding carboxylic acids is 1. The number of amides is 1. The molecular weight excluding hydrogens is 245 g/mol. The van der Waals surface area contributed by atoms with Crippen LogP contribution in [0, 0.1) is 6.92 Å². The van der Waals surface area contributed by atoms with E-state index < -0.39 is 0 Å². The quantitative estimate of drug-likeness (QED) is 0.826. The minimum Gasteiger partial charge on any atom is -0.351 e. The van der Waals surface area contributed by atoms with Crippen LogP contribution in [-0.4, -0.2) is 17.8 Å². The Balaban J connectivity index is 2.70. The highest BCUT2D eigenvalue weighted by Crippen LogP contribution is 2.18. The maximum absolute atomic E-state index is 11.8. The first-order valence-corrected chi connectivity index (χ1v) is 6.05. The van der Waals surface area contributed by atoms with Crippen LogP contribution in [0.1, 0.15) is 29.3 Å². The first-order chi connectivity index (χ1) is 7.56. The summed E-state index contributed by atoms with van der Waals surface area (Å²) in [6, 6.07) is 5.29. The topological polar surface area (TPSA) is 29.1 Å². The van der Waals surface area contributed by atoms with Crippen LogP contribution in [0.3, 0.4) is 0 Å². The summed E-state index contributed by atoms with van der Waals surface area (Å²) in [5.41, 5.74) is 1.40. The van der Waals surface area contributed by atoms with Crippen LogP contribution >= 0.6 is 23.2 Å². The summed E-state index contributed by atoms with van der Waals surface area (Å²) in [7, 11) is 0. The Morgan fingerprint density at radius 1 is 1.50 bits per heavy atom. The van der Waals surface area contributed by atoms with Crippen molar-refractivity contribution in [2.75, 3.05) is 6.54 Å². The first kappa shape index (κ1) is 13.3. The predicted octanol–water partition coefficient (Wildman–Crippen LogP) is 3.40. The third-order valence-electron chi connectivity index (χ3n) is 2.44. The molecule has 0 aliphatic carbocycles. The van der Waals surface area contributed by atoms with Gasteiger partial charge in [-0.1, -0.05) is 24.6 Å². The van der Waals surface area contributed by atoms with Gasteiger partial charge in [-0.15, -0.1) is 11.6 Å². The van der Waals surface area contributed by atoms with E-state index in [1.165, 1.54) is 0 Å². The van der Waals surface area contributed by atoms with E-state index in [9.17, 15) is 4.79 Å². The Kier molecular flexibility index (Phi) is 5.10. The summed E-state index contributed by atoms with van der Waals surface area (Å²) < 4.78 is 0. The predicted molar refractivity (Wildman–Crippen MR) is 68.5 cm³/mol. The molecule has 0 spiro atoms. The van der Waals surface area contributed by atoms with Crippen molar-refractivity contribution in [2.24, 2.45) is 0 Å². The van der Waals surface area contributed by atoms with Gasteiger partial charge in [0.1, 0.15) is 0 Å². The van der Waals surface area contributed by atoms with Crippen LogP contribution in [0.4, 0.5) is 0 Å². The van der Waals surface area contributed by atoms with Gasteiger partial charge in [0.25, 0.3) is 5.91 Å². The highest BCUT2D eigenvalue weighted by molar-refractivity contribution is 6.31. The SMILES string of the molecule is CCC(Cl)CNC(=O)c1cccc(Cl)c1C. The second-order valence-corrected chi connectivity index (χ2v) is 4.65. The van der Waals surface area contributed by atoms with Crippen LogP contribution in [0.15, 0.2) is 18.2 Å². The van der Waals surface area contributed by atoms with Gasteiger partial charge in [-0.2, -0.15) is 0 Å². The maximum Gasteiger partial charge on any atom is 0.251 e. The highest BCUT2D eigenvalue weighted by Gasteiger charge is 2.11. The lowest BCUT2D eigenvalue weighted by Gasteiger charge is -2.10. The molecule has 1 N–H and O–H groups in total. The number of alkyl halides is 1. The molecule has 4 heteroatoms. The van der Waals surface area contributed by atoms with Crippen LogP contribution in [-0.2, 0) is 0 Å². The Morgan fingerprint density at radius 2 is 2.19 bits per heavy atom. The van der Waals surface area contributed by atoms with E-state index in [1.807, 2.05) is 13.8 Å². The molecule has 0 radical (unpaired) electrons. The molecule has 88 valence electrons. The normalized spacial score (nSPS) is 12.2. The molecule has 0 aliphatic rings. The second-order valence-electron chi connectivity index (χ2n) is 3.63. The summed E-state index contributed by atoms with van der Waals surface area (Å²) >= 11 is 11.9. The van der Waals surface area contributed by atoms with Crippen LogP contribution in [0.25, 0.3) is 0 Å². The number of nitrogens with one attached hydrogen (secondary N) is 1. The number of halogens is 2. The van der Waals surface area contributed by atoms with Crippen molar-refractivity contribution < 1.29 is 4.79 Å². The largest absolute Gasteiger partial charge is 0.351 e. The lowest BCUT2D eigenvalue weighted by atomic mass is 10.1. The molecule has 0 aromatic heterocycles. The minimum atomic E-state index is -0.126. The van der Waals surface area contributed by atoms with Crippen molar-refractivity contribution in [2.45, 2.75) is 25.6 Å². The smallest absolute Gasteiger partial charge is 0.251 e. The summed E-state index contributed by atoms with van der Waals surface area (Å²) in [6.07, 6.45) is 0.830. The van der Waals surface area contributed by atoms with Gasteiger partial charge in [-0.3, -0.25) is 4.79 Å². The van der Waals surface area contributed by atoms with E-state index in [1.54, 1.807) is 18.2 Å². The summed E-state index contributed by atoms with van der Waals surface area (Å²) in [5.74, 6) is -0.126. The molecule has 1 atom stereocenters. The molecule has 0 heterocycles. The molecular formula is C12H15Cl2NO. The second kappa shape index (κ2) is 6.12. The van der Waals surface area contributed by atoms with Crippen LogP contribution in [0.2, 0.25) is 5.02 Å². The molecule has 1 unspecified atom stereocenters.